The summed E-state index contributed by atoms with van der Waals surface area (Å²) in [4.78, 5) is 0. The molecule has 3 heteroatoms. The fourth-order valence-electron chi connectivity index (χ4n) is 1.45. The molecule has 0 bridgehead atoms. The molecule has 0 saturated carbocycles. The van der Waals surface area contributed by atoms with Crippen LogP contribution in [0.4, 0.5) is 4.39 Å². The first kappa shape index (κ1) is 14.5. The number of benzene rings is 1. The second kappa shape index (κ2) is 5.85. The van der Waals surface area contributed by atoms with E-state index < -0.39 is 0 Å². The van der Waals surface area contributed by atoms with Crippen LogP contribution < -0.4 is 4.74 Å². The zero-order valence-electron chi connectivity index (χ0n) is 10.9. The quantitative estimate of drug-likeness (QED) is 0.740. The van der Waals surface area contributed by atoms with Gasteiger partial charge in [0.2, 0.25) is 0 Å². The predicted octanol–water partition coefficient (Wildman–Crippen LogP) is 4.57. The van der Waals surface area contributed by atoms with Gasteiger partial charge in [-0.2, -0.15) is 0 Å². The molecule has 96 valence electrons. The molecule has 0 saturated heterocycles. The van der Waals surface area contributed by atoms with Crippen molar-refractivity contribution < 1.29 is 9.13 Å². The van der Waals surface area contributed by atoms with Crippen molar-refractivity contribution in [3.05, 3.63) is 29.6 Å². The molecule has 1 atom stereocenters. The molecule has 17 heavy (non-hydrogen) atoms. The minimum absolute atomic E-state index is 0.171. The maximum absolute atomic E-state index is 13.1. The Morgan fingerprint density at radius 1 is 1.35 bits per heavy atom. The third-order valence-electron chi connectivity index (χ3n) is 3.00. The van der Waals surface area contributed by atoms with Gasteiger partial charge in [0.15, 0.2) is 0 Å². The van der Waals surface area contributed by atoms with E-state index in [1.807, 2.05) is 6.92 Å². The Kier molecular flexibility index (Phi) is 4.99. The summed E-state index contributed by atoms with van der Waals surface area (Å²) in [7, 11) is 0. The second-order valence-corrected chi connectivity index (χ2v) is 6.09. The molecule has 1 nitrogen and oxygen atoms in total. The molecule has 0 aliphatic rings. The predicted molar refractivity (Wildman–Crippen MR) is 73.4 cm³/mol. The molecule has 0 heterocycles. The number of hydrogen-bond acceptors (Lipinski definition) is 1. The van der Waals surface area contributed by atoms with Crippen molar-refractivity contribution in [2.24, 2.45) is 11.3 Å². The van der Waals surface area contributed by atoms with Crippen LogP contribution in [0.1, 0.15) is 26.3 Å². The molecule has 1 unspecified atom stereocenters. The molecule has 0 spiro atoms. The summed E-state index contributed by atoms with van der Waals surface area (Å²) in [5, 5.41) is 0.880. The fraction of sp³-hybridized carbons (Fsp3) is 0.571. The third-order valence-corrected chi connectivity index (χ3v) is 3.78. The lowest BCUT2D eigenvalue weighted by Gasteiger charge is -2.29. The average Bonchev–Trinajstić information content (AvgIpc) is 2.22. The van der Waals surface area contributed by atoms with Crippen molar-refractivity contribution in [1.29, 1.82) is 0 Å². The van der Waals surface area contributed by atoms with Gasteiger partial charge in [-0.15, -0.1) is 0 Å². The highest BCUT2D eigenvalue weighted by Crippen LogP contribution is 2.29. The first-order valence-corrected chi connectivity index (χ1v) is 6.91. The minimum Gasteiger partial charge on any atom is -0.493 e. The van der Waals surface area contributed by atoms with Crippen LogP contribution in [0.25, 0.3) is 0 Å². The Balaban J connectivity index is 2.69. The molecule has 1 aromatic rings. The van der Waals surface area contributed by atoms with E-state index in [1.54, 1.807) is 6.07 Å². The van der Waals surface area contributed by atoms with Crippen LogP contribution in [0.2, 0.25) is 0 Å². The third kappa shape index (κ3) is 4.30. The van der Waals surface area contributed by atoms with Gasteiger partial charge in [0.25, 0.3) is 0 Å². The molecule has 0 amide bonds. The van der Waals surface area contributed by atoms with Gasteiger partial charge in [-0.3, -0.25) is 0 Å². The topological polar surface area (TPSA) is 9.23 Å². The van der Waals surface area contributed by atoms with Crippen LogP contribution in [0, 0.1) is 24.1 Å². The van der Waals surface area contributed by atoms with E-state index in [0.717, 1.165) is 10.9 Å². The van der Waals surface area contributed by atoms with Crippen molar-refractivity contribution in [3.63, 3.8) is 0 Å². The van der Waals surface area contributed by atoms with E-state index >= 15 is 0 Å². The fourth-order valence-corrected chi connectivity index (χ4v) is 2.60. The summed E-state index contributed by atoms with van der Waals surface area (Å²) in [5.74, 6) is 0.780. The zero-order valence-corrected chi connectivity index (χ0v) is 12.5. The maximum Gasteiger partial charge on any atom is 0.126 e. The van der Waals surface area contributed by atoms with Crippen molar-refractivity contribution in [1.82, 2.24) is 0 Å². The molecule has 1 aromatic carbocycles. The summed E-state index contributed by atoms with van der Waals surface area (Å²) in [5.41, 5.74) is 1.14. The standard InChI is InChI=1S/C14H20BrFO/c1-10-5-6-12(16)7-13(10)17-9-11(8-15)14(2,3)4/h5-7,11H,8-9H2,1-4H3. The van der Waals surface area contributed by atoms with E-state index in [9.17, 15) is 4.39 Å². The van der Waals surface area contributed by atoms with Gasteiger partial charge < -0.3 is 4.74 Å². The van der Waals surface area contributed by atoms with Gasteiger partial charge in [0.1, 0.15) is 11.6 Å². The number of hydrogen-bond donors (Lipinski definition) is 0. The van der Waals surface area contributed by atoms with Crippen LogP contribution in [0.3, 0.4) is 0 Å². The lowest BCUT2D eigenvalue weighted by molar-refractivity contribution is 0.165. The lowest BCUT2D eigenvalue weighted by Crippen LogP contribution is -2.28. The van der Waals surface area contributed by atoms with Gasteiger partial charge in [0.05, 0.1) is 6.61 Å². The van der Waals surface area contributed by atoms with Crippen LogP contribution in [0.15, 0.2) is 18.2 Å². The molecule has 0 fully saturated rings. The van der Waals surface area contributed by atoms with E-state index in [0.29, 0.717) is 18.3 Å². The summed E-state index contributed by atoms with van der Waals surface area (Å²) >= 11 is 3.50. The normalized spacial score (nSPS) is 13.5. The average molecular weight is 303 g/mol. The summed E-state index contributed by atoms with van der Waals surface area (Å²) < 4.78 is 18.8. The molecule has 0 radical (unpaired) electrons. The molecule has 0 aromatic heterocycles. The molecule has 0 aliphatic carbocycles. The number of ether oxygens (including phenoxy) is 1. The zero-order chi connectivity index (χ0) is 13.1. The summed E-state index contributed by atoms with van der Waals surface area (Å²) in [6, 6.07) is 4.64. The number of alkyl halides is 1. The van der Waals surface area contributed by atoms with E-state index in [2.05, 4.69) is 36.7 Å². The van der Waals surface area contributed by atoms with Crippen LogP contribution >= 0.6 is 15.9 Å². The van der Waals surface area contributed by atoms with Gasteiger partial charge in [-0.05, 0) is 24.0 Å². The molecule has 0 N–H and O–H groups in total. The van der Waals surface area contributed by atoms with Gasteiger partial charge in [0, 0.05) is 17.3 Å². The van der Waals surface area contributed by atoms with Crippen LogP contribution in [-0.4, -0.2) is 11.9 Å². The second-order valence-electron chi connectivity index (χ2n) is 5.44. The first-order chi connectivity index (χ1) is 7.84. The maximum atomic E-state index is 13.1. The highest BCUT2D eigenvalue weighted by Gasteiger charge is 2.24. The Morgan fingerprint density at radius 2 is 2.00 bits per heavy atom. The van der Waals surface area contributed by atoms with Gasteiger partial charge in [-0.1, -0.05) is 42.8 Å². The van der Waals surface area contributed by atoms with Crippen LogP contribution in [0.5, 0.6) is 5.75 Å². The smallest absolute Gasteiger partial charge is 0.126 e. The van der Waals surface area contributed by atoms with E-state index in [-0.39, 0.29) is 11.2 Å². The highest BCUT2D eigenvalue weighted by atomic mass is 79.9. The molecule has 1 rings (SSSR count). The molecule has 0 aliphatic heterocycles. The van der Waals surface area contributed by atoms with Gasteiger partial charge in [-0.25, -0.2) is 4.39 Å². The van der Waals surface area contributed by atoms with Crippen molar-refractivity contribution in [3.8, 4) is 5.75 Å². The van der Waals surface area contributed by atoms with Crippen molar-refractivity contribution >= 4 is 15.9 Å². The van der Waals surface area contributed by atoms with E-state index in [4.69, 9.17) is 4.74 Å². The van der Waals surface area contributed by atoms with Gasteiger partial charge >= 0.3 is 0 Å². The monoisotopic (exact) mass is 302 g/mol. The van der Waals surface area contributed by atoms with Crippen molar-refractivity contribution in [2.45, 2.75) is 27.7 Å². The first-order valence-electron chi connectivity index (χ1n) is 5.79. The van der Waals surface area contributed by atoms with E-state index in [1.165, 1.54) is 12.1 Å². The molecular weight excluding hydrogens is 283 g/mol. The minimum atomic E-state index is -0.253. The van der Waals surface area contributed by atoms with Crippen molar-refractivity contribution in [2.75, 3.05) is 11.9 Å². The summed E-state index contributed by atoms with van der Waals surface area (Å²) in [6.45, 7) is 9.07. The Hall–Kier alpha value is -0.570. The molecular formula is C14H20BrFO. The lowest BCUT2D eigenvalue weighted by atomic mass is 9.83. The number of halogens is 2. The largest absolute Gasteiger partial charge is 0.493 e. The van der Waals surface area contributed by atoms with Crippen LogP contribution in [-0.2, 0) is 0 Å². The Labute approximate surface area is 111 Å². The summed E-state index contributed by atoms with van der Waals surface area (Å²) in [6.07, 6.45) is 0. The number of aryl methyl sites for hydroxylation is 1. The Morgan fingerprint density at radius 3 is 2.53 bits per heavy atom. The number of rotatable bonds is 4. The SMILES string of the molecule is Cc1ccc(F)cc1OCC(CBr)C(C)(C)C. The highest BCUT2D eigenvalue weighted by molar-refractivity contribution is 9.09. The Bertz CT molecular complexity index is 371.